The van der Waals surface area contributed by atoms with Crippen LogP contribution in [0, 0.1) is 0 Å². The lowest BCUT2D eigenvalue weighted by Crippen LogP contribution is -2.20. The van der Waals surface area contributed by atoms with E-state index in [0.29, 0.717) is 5.13 Å². The zero-order valence-electron chi connectivity index (χ0n) is 11.0. The maximum Gasteiger partial charge on any atom is 0.240 e. The lowest BCUT2D eigenvalue weighted by molar-refractivity contribution is -0.124. The summed E-state index contributed by atoms with van der Waals surface area (Å²) in [7, 11) is 0. The first-order valence-corrected chi connectivity index (χ1v) is 7.05. The lowest BCUT2D eigenvalue weighted by atomic mass is 10.2. The Balaban J connectivity index is 1.68. The second-order valence-corrected chi connectivity index (χ2v) is 4.83. The average molecular weight is 303 g/mol. The molecule has 2 aromatic rings. The van der Waals surface area contributed by atoms with Gasteiger partial charge in [0.05, 0.1) is 6.21 Å². The van der Waals surface area contributed by atoms with E-state index in [9.17, 15) is 9.59 Å². The molecule has 0 radical (unpaired) electrons. The Morgan fingerprint density at radius 2 is 1.95 bits per heavy atom. The van der Waals surface area contributed by atoms with Crippen LogP contribution >= 0.6 is 11.3 Å². The third-order valence-corrected chi connectivity index (χ3v) is 2.99. The number of hydrazone groups is 1. The van der Waals surface area contributed by atoms with E-state index in [2.05, 4.69) is 26.0 Å². The third-order valence-electron chi connectivity index (χ3n) is 2.39. The molecule has 0 aliphatic rings. The van der Waals surface area contributed by atoms with E-state index < -0.39 is 0 Å². The molecule has 0 saturated carbocycles. The van der Waals surface area contributed by atoms with Gasteiger partial charge in [-0.3, -0.25) is 9.59 Å². The van der Waals surface area contributed by atoms with Gasteiger partial charge in [-0.25, -0.2) is 5.43 Å². The van der Waals surface area contributed by atoms with E-state index in [4.69, 9.17) is 0 Å². The van der Waals surface area contributed by atoms with E-state index in [1.165, 1.54) is 16.8 Å². The molecule has 21 heavy (non-hydrogen) atoms. The molecule has 0 unspecified atom stereocenters. The van der Waals surface area contributed by atoms with Crippen LogP contribution in [0.4, 0.5) is 5.13 Å². The van der Waals surface area contributed by atoms with Gasteiger partial charge in [0.1, 0.15) is 5.51 Å². The van der Waals surface area contributed by atoms with Crippen LogP contribution in [0.1, 0.15) is 18.4 Å². The summed E-state index contributed by atoms with van der Waals surface area (Å²) < 4.78 is 0. The summed E-state index contributed by atoms with van der Waals surface area (Å²) in [6.45, 7) is 0. The molecule has 0 spiro atoms. The van der Waals surface area contributed by atoms with Crippen LogP contribution in [0.25, 0.3) is 0 Å². The Morgan fingerprint density at radius 3 is 2.67 bits per heavy atom. The van der Waals surface area contributed by atoms with Gasteiger partial charge in [-0.15, -0.1) is 10.2 Å². The van der Waals surface area contributed by atoms with E-state index in [1.54, 1.807) is 6.21 Å². The number of nitrogens with zero attached hydrogens (tertiary/aromatic N) is 3. The van der Waals surface area contributed by atoms with Crippen LogP contribution in [0.2, 0.25) is 0 Å². The monoisotopic (exact) mass is 303 g/mol. The van der Waals surface area contributed by atoms with Crippen molar-refractivity contribution in [2.75, 3.05) is 5.32 Å². The summed E-state index contributed by atoms with van der Waals surface area (Å²) in [4.78, 5) is 23.0. The van der Waals surface area contributed by atoms with Crippen molar-refractivity contribution in [1.29, 1.82) is 0 Å². The van der Waals surface area contributed by atoms with Crippen molar-refractivity contribution in [3.63, 3.8) is 0 Å². The SMILES string of the molecule is O=C(CCC(=O)Nc1nncs1)NN=Cc1ccccc1. The highest BCUT2D eigenvalue weighted by Crippen LogP contribution is 2.08. The Bertz CT molecular complexity index is 613. The molecule has 8 heteroatoms. The Kier molecular flexibility index (Phi) is 5.53. The van der Waals surface area contributed by atoms with Crippen molar-refractivity contribution in [3.05, 3.63) is 41.4 Å². The molecule has 0 atom stereocenters. The van der Waals surface area contributed by atoms with Crippen molar-refractivity contribution in [2.24, 2.45) is 5.10 Å². The van der Waals surface area contributed by atoms with Crippen molar-refractivity contribution in [2.45, 2.75) is 12.8 Å². The number of rotatable bonds is 6. The van der Waals surface area contributed by atoms with Gasteiger partial charge in [0, 0.05) is 12.8 Å². The molecule has 1 aromatic heterocycles. The summed E-state index contributed by atoms with van der Waals surface area (Å²) in [5.41, 5.74) is 4.77. The molecule has 0 aliphatic carbocycles. The lowest BCUT2D eigenvalue weighted by Gasteiger charge is -2.00. The van der Waals surface area contributed by atoms with Gasteiger partial charge < -0.3 is 5.32 Å². The minimum atomic E-state index is -0.324. The Labute approximate surface area is 125 Å². The van der Waals surface area contributed by atoms with Crippen LogP contribution < -0.4 is 10.7 Å². The number of aromatic nitrogens is 2. The fourth-order valence-electron chi connectivity index (χ4n) is 1.41. The van der Waals surface area contributed by atoms with E-state index in [0.717, 1.165) is 5.56 Å². The normalized spacial score (nSPS) is 10.5. The van der Waals surface area contributed by atoms with Gasteiger partial charge in [-0.1, -0.05) is 41.7 Å². The number of benzene rings is 1. The molecule has 2 amide bonds. The minimum Gasteiger partial charge on any atom is -0.301 e. The van der Waals surface area contributed by atoms with Crippen molar-refractivity contribution < 1.29 is 9.59 Å². The highest BCUT2D eigenvalue weighted by atomic mass is 32.1. The summed E-state index contributed by atoms with van der Waals surface area (Å²) in [6, 6.07) is 9.38. The topological polar surface area (TPSA) is 96.3 Å². The molecule has 108 valence electrons. The van der Waals surface area contributed by atoms with Crippen LogP contribution in [0.15, 0.2) is 40.9 Å². The number of carbonyl (C=O) groups is 2. The summed E-state index contributed by atoms with van der Waals surface area (Å²) in [5, 5.41) is 14.1. The van der Waals surface area contributed by atoms with Gasteiger partial charge in [-0.05, 0) is 5.56 Å². The van der Waals surface area contributed by atoms with Crippen molar-refractivity contribution >= 4 is 34.5 Å². The molecule has 1 heterocycles. The highest BCUT2D eigenvalue weighted by Gasteiger charge is 2.07. The van der Waals surface area contributed by atoms with Crippen molar-refractivity contribution in [3.8, 4) is 0 Å². The van der Waals surface area contributed by atoms with Crippen LogP contribution in [-0.2, 0) is 9.59 Å². The first-order chi connectivity index (χ1) is 10.2. The zero-order valence-corrected chi connectivity index (χ0v) is 11.8. The summed E-state index contributed by atoms with van der Waals surface area (Å²) in [5.74, 6) is -0.608. The molecule has 0 aliphatic heterocycles. The summed E-state index contributed by atoms with van der Waals surface area (Å²) in [6.07, 6.45) is 1.66. The molecule has 0 bridgehead atoms. The number of hydrogen-bond acceptors (Lipinski definition) is 6. The van der Waals surface area contributed by atoms with Crippen LogP contribution in [0.5, 0.6) is 0 Å². The molecule has 2 N–H and O–H groups in total. The van der Waals surface area contributed by atoms with Gasteiger partial charge in [0.15, 0.2) is 0 Å². The Morgan fingerprint density at radius 1 is 1.19 bits per heavy atom. The second kappa shape index (κ2) is 7.85. The average Bonchev–Trinajstić information content (AvgIpc) is 2.99. The number of nitrogens with one attached hydrogen (secondary N) is 2. The quantitative estimate of drug-likeness (QED) is 0.623. The van der Waals surface area contributed by atoms with E-state index in [-0.39, 0.29) is 24.7 Å². The molecule has 7 nitrogen and oxygen atoms in total. The zero-order chi connectivity index (χ0) is 14.9. The maximum atomic E-state index is 11.5. The standard InChI is InChI=1S/C13H13N5O2S/c19-11(16-13-18-15-9-21-13)6-7-12(20)17-14-8-10-4-2-1-3-5-10/h1-5,8-9H,6-7H2,(H,17,20)(H,16,18,19). The third kappa shape index (κ3) is 5.49. The molecular weight excluding hydrogens is 290 g/mol. The fraction of sp³-hybridized carbons (Fsp3) is 0.154. The molecule has 0 fully saturated rings. The number of amides is 2. The van der Waals surface area contributed by atoms with Gasteiger partial charge in [-0.2, -0.15) is 5.10 Å². The van der Waals surface area contributed by atoms with Gasteiger partial charge >= 0.3 is 0 Å². The highest BCUT2D eigenvalue weighted by molar-refractivity contribution is 7.13. The minimum absolute atomic E-state index is 0.0523. The molecular formula is C13H13N5O2S. The van der Waals surface area contributed by atoms with E-state index in [1.807, 2.05) is 30.3 Å². The second-order valence-electron chi connectivity index (χ2n) is 4.00. The Hall–Kier alpha value is -2.61. The molecule has 2 rings (SSSR count). The summed E-state index contributed by atoms with van der Waals surface area (Å²) >= 11 is 1.22. The van der Waals surface area contributed by atoms with Gasteiger partial charge in [0.25, 0.3) is 0 Å². The van der Waals surface area contributed by atoms with E-state index >= 15 is 0 Å². The first-order valence-electron chi connectivity index (χ1n) is 6.17. The smallest absolute Gasteiger partial charge is 0.240 e. The predicted molar refractivity (Wildman–Crippen MR) is 80.0 cm³/mol. The number of carbonyl (C=O) groups excluding carboxylic acids is 2. The molecule has 0 saturated heterocycles. The van der Waals surface area contributed by atoms with Crippen LogP contribution in [-0.4, -0.2) is 28.2 Å². The molecule has 1 aromatic carbocycles. The number of anilines is 1. The predicted octanol–water partition coefficient (Wildman–Crippen LogP) is 1.41. The maximum absolute atomic E-state index is 11.5. The number of hydrogen-bond donors (Lipinski definition) is 2. The fourth-order valence-corrected chi connectivity index (χ4v) is 1.87. The largest absolute Gasteiger partial charge is 0.301 e. The van der Waals surface area contributed by atoms with Gasteiger partial charge in [0.2, 0.25) is 16.9 Å². The first kappa shape index (κ1) is 14.8. The van der Waals surface area contributed by atoms with Crippen LogP contribution in [0.3, 0.4) is 0 Å². The van der Waals surface area contributed by atoms with Crippen molar-refractivity contribution in [1.82, 2.24) is 15.6 Å².